The van der Waals surface area contributed by atoms with Crippen molar-refractivity contribution in [3.05, 3.63) is 152 Å². The molecule has 0 radical (unpaired) electrons. The van der Waals surface area contributed by atoms with Crippen LogP contribution >= 0.6 is 0 Å². The molecule has 0 aliphatic rings. The van der Waals surface area contributed by atoms with E-state index in [4.69, 9.17) is 14.4 Å². The number of fused-ring (bicyclic) bond motifs is 6. The normalized spacial score (nSPS) is 11.4. The maximum absolute atomic E-state index is 6.68. The van der Waals surface area contributed by atoms with Crippen LogP contribution in [-0.2, 0) is 21.1 Å². The summed E-state index contributed by atoms with van der Waals surface area (Å²) in [5.41, 5.74) is 9.14. The Labute approximate surface area is 273 Å². The van der Waals surface area contributed by atoms with Crippen LogP contribution in [0, 0.1) is 12.1 Å². The molecule has 0 atom stereocenters. The van der Waals surface area contributed by atoms with Crippen molar-refractivity contribution >= 4 is 43.9 Å². The van der Waals surface area contributed by atoms with Crippen molar-refractivity contribution in [2.75, 3.05) is 0 Å². The Morgan fingerprint density at radius 3 is 2.22 bits per heavy atom. The first-order valence-electron chi connectivity index (χ1n) is 14.6. The third-order valence-corrected chi connectivity index (χ3v) is 8.27. The van der Waals surface area contributed by atoms with Crippen LogP contribution in [-0.4, -0.2) is 14.5 Å². The molecule has 0 N–H and O–H groups in total. The minimum absolute atomic E-state index is 0. The van der Waals surface area contributed by atoms with E-state index < -0.39 is 0 Å². The van der Waals surface area contributed by atoms with Gasteiger partial charge in [-0.15, -0.1) is 54.1 Å². The molecule has 5 heteroatoms. The van der Waals surface area contributed by atoms with Crippen molar-refractivity contribution in [1.29, 1.82) is 0 Å². The van der Waals surface area contributed by atoms with E-state index in [1.807, 2.05) is 54.6 Å². The van der Waals surface area contributed by atoms with Gasteiger partial charge >= 0.3 is 21.1 Å². The van der Waals surface area contributed by atoms with Crippen LogP contribution in [0.5, 0.6) is 0 Å². The van der Waals surface area contributed by atoms with E-state index in [2.05, 4.69) is 102 Å². The fraction of sp³-hybridized carbons (Fsp3) is 0. The fourth-order valence-corrected chi connectivity index (χ4v) is 6.26. The van der Waals surface area contributed by atoms with Crippen LogP contribution in [0.1, 0.15) is 0 Å². The Kier molecular flexibility index (Phi) is 6.66. The topological polar surface area (TPSA) is 43.9 Å². The number of furan rings is 1. The van der Waals surface area contributed by atoms with Crippen LogP contribution in [0.3, 0.4) is 0 Å². The number of nitrogens with zero attached hydrogens (tertiary/aromatic N) is 3. The van der Waals surface area contributed by atoms with Crippen LogP contribution < -0.4 is 0 Å². The second-order valence-electron chi connectivity index (χ2n) is 10.8. The van der Waals surface area contributed by atoms with Gasteiger partial charge in [-0.2, -0.15) is 0 Å². The quantitative estimate of drug-likeness (QED) is 0.168. The van der Waals surface area contributed by atoms with Crippen LogP contribution in [0.4, 0.5) is 0 Å². The molecule has 0 aliphatic carbocycles. The van der Waals surface area contributed by atoms with Crippen molar-refractivity contribution in [2.45, 2.75) is 0 Å². The Morgan fingerprint density at radius 2 is 1.33 bits per heavy atom. The predicted molar refractivity (Wildman–Crippen MR) is 178 cm³/mol. The minimum Gasteiger partial charge on any atom is -0.500 e. The summed E-state index contributed by atoms with van der Waals surface area (Å²) in [4.78, 5) is 10.4. The summed E-state index contributed by atoms with van der Waals surface area (Å²) < 4.78 is 8.83. The SMILES string of the molecule is [Pt+2].[c-]1ccccc1-c1cccc(-n2c3ccccc3c3ccc(-c4[c-]ccc5c4oc4c(-c6ccccc6)cccc45)nc32)n1. The molecule has 0 aliphatic heterocycles. The molecule has 0 saturated heterocycles. The molecule has 4 nitrogen and oxygen atoms in total. The van der Waals surface area contributed by atoms with E-state index in [0.29, 0.717) is 0 Å². The van der Waals surface area contributed by atoms with E-state index in [0.717, 1.165) is 83.3 Å². The van der Waals surface area contributed by atoms with E-state index in [1.54, 1.807) is 0 Å². The van der Waals surface area contributed by atoms with Gasteiger partial charge in [-0.1, -0.05) is 102 Å². The first-order chi connectivity index (χ1) is 21.8. The molecule has 0 fully saturated rings. The molecular formula is C40H23N3OPt. The molecule has 4 aromatic heterocycles. The summed E-state index contributed by atoms with van der Waals surface area (Å²) >= 11 is 0. The predicted octanol–water partition coefficient (Wildman–Crippen LogP) is 10.1. The van der Waals surface area contributed by atoms with E-state index in [-0.39, 0.29) is 21.1 Å². The van der Waals surface area contributed by atoms with Gasteiger partial charge in [-0.05, 0) is 29.1 Å². The zero-order valence-electron chi connectivity index (χ0n) is 23.8. The molecule has 4 heterocycles. The molecule has 5 aromatic carbocycles. The third-order valence-electron chi connectivity index (χ3n) is 8.27. The number of hydrogen-bond donors (Lipinski definition) is 0. The third kappa shape index (κ3) is 4.41. The van der Waals surface area contributed by atoms with E-state index >= 15 is 0 Å². The molecule has 0 spiro atoms. The number of pyridine rings is 2. The number of para-hydroxylation sites is 2. The summed E-state index contributed by atoms with van der Waals surface area (Å²) in [5, 5.41) is 4.30. The van der Waals surface area contributed by atoms with Crippen molar-refractivity contribution < 1.29 is 25.5 Å². The zero-order chi connectivity index (χ0) is 29.0. The Balaban J connectivity index is 0.00000300. The summed E-state index contributed by atoms with van der Waals surface area (Å²) in [6, 6.07) is 54.1. The maximum Gasteiger partial charge on any atom is 2.00 e. The number of rotatable bonds is 4. The van der Waals surface area contributed by atoms with Gasteiger partial charge < -0.3 is 4.42 Å². The Hall–Kier alpha value is -5.31. The van der Waals surface area contributed by atoms with Crippen LogP contribution in [0.2, 0.25) is 0 Å². The van der Waals surface area contributed by atoms with Crippen LogP contribution in [0.15, 0.2) is 144 Å². The molecule has 0 saturated carbocycles. The van der Waals surface area contributed by atoms with Gasteiger partial charge in [0, 0.05) is 21.7 Å². The maximum atomic E-state index is 6.68. The Bertz CT molecular complexity index is 2500. The summed E-state index contributed by atoms with van der Waals surface area (Å²) in [5.74, 6) is 0.800. The smallest absolute Gasteiger partial charge is 0.500 e. The summed E-state index contributed by atoms with van der Waals surface area (Å²) in [6.07, 6.45) is 0. The molecule has 9 rings (SSSR count). The standard InChI is InChI=1S/C40H23N3O.Pt/c1-3-12-26(13-4-1)28-17-9-18-30-31-19-10-20-33(39(31)44-38(28)30)35-25-24-32-29-16-7-8-22-36(29)43(40(32)42-35)37-23-11-21-34(41-37)27-14-5-2-6-15-27;/h1-14,16-19,21-25H;/q-2;+2. The van der Waals surface area contributed by atoms with Gasteiger partial charge in [0.2, 0.25) is 0 Å². The summed E-state index contributed by atoms with van der Waals surface area (Å²) in [6.45, 7) is 0. The molecule has 214 valence electrons. The molecular weight excluding hydrogens is 734 g/mol. The first-order valence-corrected chi connectivity index (χ1v) is 14.6. The van der Waals surface area contributed by atoms with Gasteiger partial charge in [-0.3, -0.25) is 14.5 Å². The minimum atomic E-state index is 0. The monoisotopic (exact) mass is 756 g/mol. The van der Waals surface area contributed by atoms with Crippen molar-refractivity contribution in [1.82, 2.24) is 14.5 Å². The number of hydrogen-bond acceptors (Lipinski definition) is 3. The van der Waals surface area contributed by atoms with Gasteiger partial charge in [0.25, 0.3) is 0 Å². The van der Waals surface area contributed by atoms with E-state index in [1.165, 1.54) is 0 Å². The fourth-order valence-electron chi connectivity index (χ4n) is 6.26. The number of benzene rings is 5. The average molecular weight is 757 g/mol. The average Bonchev–Trinajstić information content (AvgIpc) is 3.65. The molecule has 0 bridgehead atoms. The number of aromatic nitrogens is 3. The zero-order valence-corrected chi connectivity index (χ0v) is 26.1. The van der Waals surface area contributed by atoms with Gasteiger partial charge in [0.1, 0.15) is 17.0 Å². The van der Waals surface area contributed by atoms with Gasteiger partial charge in [0.15, 0.2) is 0 Å². The van der Waals surface area contributed by atoms with Crippen LogP contribution in [0.25, 0.3) is 83.3 Å². The van der Waals surface area contributed by atoms with Crippen molar-refractivity contribution in [3.63, 3.8) is 0 Å². The first kappa shape index (κ1) is 27.3. The molecule has 45 heavy (non-hydrogen) atoms. The molecule has 9 aromatic rings. The summed E-state index contributed by atoms with van der Waals surface area (Å²) in [7, 11) is 0. The van der Waals surface area contributed by atoms with Gasteiger partial charge in [0.05, 0.1) is 11.1 Å². The molecule has 0 amide bonds. The van der Waals surface area contributed by atoms with Crippen molar-refractivity contribution in [3.8, 4) is 39.5 Å². The second-order valence-corrected chi connectivity index (χ2v) is 10.8. The van der Waals surface area contributed by atoms with E-state index in [9.17, 15) is 0 Å². The largest absolute Gasteiger partial charge is 2.00 e. The second kappa shape index (κ2) is 11.0. The molecule has 0 unspecified atom stereocenters. The van der Waals surface area contributed by atoms with Gasteiger partial charge in [-0.25, -0.2) is 0 Å². The Morgan fingerprint density at radius 1 is 0.533 bits per heavy atom. The van der Waals surface area contributed by atoms with Crippen molar-refractivity contribution in [2.24, 2.45) is 0 Å².